The van der Waals surface area contributed by atoms with Gasteiger partial charge in [-0.15, -0.1) is 0 Å². The Morgan fingerprint density at radius 1 is 1.30 bits per heavy atom. The molecule has 6 heteroatoms. The Bertz CT molecular complexity index is 368. The zero-order chi connectivity index (χ0) is 14.7. The summed E-state index contributed by atoms with van der Waals surface area (Å²) < 4.78 is 4.88. The van der Waals surface area contributed by atoms with E-state index in [0.29, 0.717) is 25.6 Å². The van der Waals surface area contributed by atoms with Crippen LogP contribution in [-0.4, -0.2) is 53.8 Å². The molecule has 1 heterocycles. The van der Waals surface area contributed by atoms with Crippen LogP contribution in [0.15, 0.2) is 0 Å². The Morgan fingerprint density at radius 3 is 2.55 bits per heavy atom. The van der Waals surface area contributed by atoms with Gasteiger partial charge in [-0.3, -0.25) is 9.69 Å². The Balaban J connectivity index is 1.93. The zero-order valence-electron chi connectivity index (χ0n) is 12.2. The smallest absolute Gasteiger partial charge is 0.407 e. The van der Waals surface area contributed by atoms with Gasteiger partial charge in [-0.05, 0) is 32.1 Å². The predicted octanol–water partition coefficient (Wildman–Crippen LogP) is 1.31. The second-order valence-electron chi connectivity index (χ2n) is 6.02. The summed E-state index contributed by atoms with van der Waals surface area (Å²) in [6, 6.07) is 0.332. The number of piperidine rings is 1. The van der Waals surface area contributed by atoms with E-state index in [0.717, 1.165) is 25.3 Å². The van der Waals surface area contributed by atoms with Gasteiger partial charge >= 0.3 is 12.1 Å². The lowest BCUT2D eigenvalue weighted by atomic mass is 9.79. The van der Waals surface area contributed by atoms with Crippen LogP contribution in [0.1, 0.15) is 33.1 Å². The number of rotatable bonds is 4. The van der Waals surface area contributed by atoms with Crippen LogP contribution in [0.3, 0.4) is 0 Å². The molecule has 1 saturated heterocycles. The molecule has 0 aromatic rings. The molecule has 0 spiro atoms. The number of ether oxygens (including phenoxy) is 1. The molecule has 2 unspecified atom stereocenters. The number of hydrogen-bond acceptors (Lipinski definition) is 4. The summed E-state index contributed by atoms with van der Waals surface area (Å²) in [7, 11) is 0. The Kier molecular flexibility index (Phi) is 4.86. The van der Waals surface area contributed by atoms with Crippen LogP contribution in [0.2, 0.25) is 0 Å². The second kappa shape index (κ2) is 6.43. The van der Waals surface area contributed by atoms with Crippen molar-refractivity contribution in [3.8, 4) is 0 Å². The molecule has 2 rings (SSSR count). The molecule has 2 fully saturated rings. The number of carboxylic acids is 1. The van der Waals surface area contributed by atoms with Crippen LogP contribution in [-0.2, 0) is 9.53 Å². The van der Waals surface area contributed by atoms with Gasteiger partial charge in [-0.1, -0.05) is 6.92 Å². The molecule has 114 valence electrons. The minimum absolute atomic E-state index is 0.139. The van der Waals surface area contributed by atoms with E-state index in [-0.39, 0.29) is 6.04 Å². The molecule has 0 radical (unpaired) electrons. The van der Waals surface area contributed by atoms with Crippen molar-refractivity contribution in [3.05, 3.63) is 0 Å². The highest BCUT2D eigenvalue weighted by Crippen LogP contribution is 2.33. The summed E-state index contributed by atoms with van der Waals surface area (Å²) >= 11 is 0. The van der Waals surface area contributed by atoms with Crippen molar-refractivity contribution >= 4 is 12.1 Å². The SMILES string of the molecule is CCOC(=O)NC1CC(C(=O)O)CN(C2CC(C)C2)C1. The van der Waals surface area contributed by atoms with Crippen LogP contribution in [0.4, 0.5) is 4.79 Å². The predicted molar refractivity (Wildman–Crippen MR) is 73.4 cm³/mol. The number of carbonyl (C=O) groups excluding carboxylic acids is 1. The molecule has 2 N–H and O–H groups in total. The first-order valence-corrected chi connectivity index (χ1v) is 7.39. The van der Waals surface area contributed by atoms with Crippen molar-refractivity contribution < 1.29 is 19.4 Å². The molecule has 0 aromatic heterocycles. The van der Waals surface area contributed by atoms with Crippen LogP contribution in [0.25, 0.3) is 0 Å². The van der Waals surface area contributed by atoms with Crippen molar-refractivity contribution in [1.82, 2.24) is 10.2 Å². The number of amides is 1. The highest BCUT2D eigenvalue weighted by atomic mass is 16.5. The maximum Gasteiger partial charge on any atom is 0.407 e. The summed E-state index contributed by atoms with van der Waals surface area (Å²) in [5, 5.41) is 12.0. The highest BCUT2D eigenvalue weighted by Gasteiger charge is 2.39. The van der Waals surface area contributed by atoms with Crippen molar-refractivity contribution in [2.75, 3.05) is 19.7 Å². The van der Waals surface area contributed by atoms with Gasteiger partial charge in [0.1, 0.15) is 0 Å². The molecule has 6 nitrogen and oxygen atoms in total. The topological polar surface area (TPSA) is 78.9 Å². The molecule has 1 aliphatic carbocycles. The van der Waals surface area contributed by atoms with E-state index in [1.54, 1.807) is 6.92 Å². The van der Waals surface area contributed by atoms with Gasteiger partial charge in [0.15, 0.2) is 0 Å². The van der Waals surface area contributed by atoms with E-state index in [1.165, 1.54) is 0 Å². The van der Waals surface area contributed by atoms with E-state index in [1.807, 2.05) is 0 Å². The fraction of sp³-hybridized carbons (Fsp3) is 0.857. The zero-order valence-corrected chi connectivity index (χ0v) is 12.2. The molecular weight excluding hydrogens is 260 g/mol. The third-order valence-electron chi connectivity index (χ3n) is 4.29. The van der Waals surface area contributed by atoms with Gasteiger partial charge in [0.2, 0.25) is 0 Å². The van der Waals surface area contributed by atoms with Crippen LogP contribution < -0.4 is 5.32 Å². The number of hydrogen-bond donors (Lipinski definition) is 2. The lowest BCUT2D eigenvalue weighted by Gasteiger charge is -2.46. The van der Waals surface area contributed by atoms with Gasteiger partial charge in [-0.2, -0.15) is 0 Å². The number of carbonyl (C=O) groups is 2. The Morgan fingerprint density at radius 2 is 2.00 bits per heavy atom. The van der Waals surface area contributed by atoms with Crippen LogP contribution in [0.5, 0.6) is 0 Å². The first kappa shape index (κ1) is 15.1. The summed E-state index contributed by atoms with van der Waals surface area (Å²) in [5.41, 5.74) is 0. The normalized spacial score (nSPS) is 34.1. The van der Waals surface area contributed by atoms with Gasteiger partial charge in [0.05, 0.1) is 12.5 Å². The quantitative estimate of drug-likeness (QED) is 0.813. The Hall–Kier alpha value is -1.30. The standard InChI is InChI=1S/C14H24N2O4/c1-3-20-14(19)15-11-6-10(13(17)18)7-16(8-11)12-4-9(2)5-12/h9-12H,3-8H2,1-2H3,(H,15,19)(H,17,18). The summed E-state index contributed by atoms with van der Waals surface area (Å²) in [6.07, 6.45) is 2.27. The number of nitrogens with zero attached hydrogens (tertiary/aromatic N) is 1. The molecule has 0 bridgehead atoms. The third kappa shape index (κ3) is 3.62. The highest BCUT2D eigenvalue weighted by molar-refractivity contribution is 5.71. The average Bonchev–Trinajstić information content (AvgIpc) is 2.34. The van der Waals surface area contributed by atoms with E-state index in [9.17, 15) is 14.7 Å². The molecule has 2 atom stereocenters. The molecule has 20 heavy (non-hydrogen) atoms. The Labute approximate surface area is 119 Å². The van der Waals surface area contributed by atoms with E-state index >= 15 is 0 Å². The molecule has 1 saturated carbocycles. The van der Waals surface area contributed by atoms with Crippen LogP contribution in [0, 0.1) is 11.8 Å². The van der Waals surface area contributed by atoms with Crippen LogP contribution >= 0.6 is 0 Å². The first-order valence-electron chi connectivity index (χ1n) is 7.39. The lowest BCUT2D eigenvalue weighted by Crippen LogP contribution is -2.57. The third-order valence-corrected chi connectivity index (χ3v) is 4.29. The lowest BCUT2D eigenvalue weighted by molar-refractivity contribution is -0.144. The van der Waals surface area contributed by atoms with Gasteiger partial charge in [-0.25, -0.2) is 4.79 Å². The van der Waals surface area contributed by atoms with Gasteiger partial charge < -0.3 is 15.2 Å². The maximum atomic E-state index is 11.5. The molecule has 1 amide bonds. The second-order valence-corrected chi connectivity index (χ2v) is 6.02. The monoisotopic (exact) mass is 284 g/mol. The van der Waals surface area contributed by atoms with E-state index in [4.69, 9.17) is 4.74 Å². The fourth-order valence-electron chi connectivity index (χ4n) is 3.21. The average molecular weight is 284 g/mol. The number of carboxylic acid groups (broad SMARTS) is 1. The summed E-state index contributed by atoms with van der Waals surface area (Å²) in [6.45, 7) is 5.60. The first-order chi connectivity index (χ1) is 9.49. The number of nitrogens with one attached hydrogen (secondary N) is 1. The number of aliphatic carboxylic acids is 1. The minimum Gasteiger partial charge on any atom is -0.481 e. The van der Waals surface area contributed by atoms with E-state index < -0.39 is 18.0 Å². The molecule has 0 aromatic carbocycles. The van der Waals surface area contributed by atoms with Crippen molar-refractivity contribution in [2.24, 2.45) is 11.8 Å². The maximum absolute atomic E-state index is 11.5. The fourth-order valence-corrected chi connectivity index (χ4v) is 3.21. The van der Waals surface area contributed by atoms with E-state index in [2.05, 4.69) is 17.1 Å². The molecular formula is C14H24N2O4. The molecule has 1 aliphatic heterocycles. The number of likely N-dealkylation sites (tertiary alicyclic amines) is 1. The van der Waals surface area contributed by atoms with Crippen molar-refractivity contribution in [2.45, 2.75) is 45.2 Å². The largest absolute Gasteiger partial charge is 0.481 e. The summed E-state index contributed by atoms with van der Waals surface area (Å²) in [5.74, 6) is -0.467. The minimum atomic E-state index is -0.780. The van der Waals surface area contributed by atoms with Gasteiger partial charge in [0.25, 0.3) is 0 Å². The number of alkyl carbamates (subject to hydrolysis) is 1. The van der Waals surface area contributed by atoms with Crippen molar-refractivity contribution in [3.63, 3.8) is 0 Å². The molecule has 2 aliphatic rings. The van der Waals surface area contributed by atoms with Crippen molar-refractivity contribution in [1.29, 1.82) is 0 Å². The summed E-state index contributed by atoms with van der Waals surface area (Å²) in [4.78, 5) is 25.0. The van der Waals surface area contributed by atoms with Gasteiger partial charge in [0, 0.05) is 25.2 Å².